The zero-order valence-electron chi connectivity index (χ0n) is 12.5. The van der Waals surface area contributed by atoms with Crippen molar-refractivity contribution in [3.8, 4) is 0 Å². The van der Waals surface area contributed by atoms with Gasteiger partial charge in [0.2, 0.25) is 0 Å². The van der Waals surface area contributed by atoms with Crippen LogP contribution in [0, 0.1) is 0 Å². The van der Waals surface area contributed by atoms with E-state index in [9.17, 15) is 0 Å². The average molecular weight is 337 g/mol. The molecule has 0 aliphatic carbocycles. The number of hydrogen-bond donors (Lipinski definition) is 2. The maximum Gasteiger partial charge on any atom is 0.0261 e. The van der Waals surface area contributed by atoms with Crippen molar-refractivity contribution in [2.75, 3.05) is 0 Å². The van der Waals surface area contributed by atoms with E-state index in [-0.39, 0.29) is 12.1 Å². The first-order valence-electron chi connectivity index (χ1n) is 7.62. The lowest BCUT2D eigenvalue weighted by Gasteiger charge is -2.19. The molecule has 0 aliphatic rings. The molecule has 118 valence electrons. The Morgan fingerprint density at radius 1 is 0.636 bits per heavy atom. The summed E-state index contributed by atoms with van der Waals surface area (Å²) in [7, 11) is 0. The average Bonchev–Trinajstić information content (AvgIpc) is 2.59. The van der Waals surface area contributed by atoms with Crippen LogP contribution in [-0.4, -0.2) is 12.1 Å². The van der Waals surface area contributed by atoms with Gasteiger partial charge in [-0.3, -0.25) is 0 Å². The summed E-state index contributed by atoms with van der Waals surface area (Å²) < 4.78 is 0. The van der Waals surface area contributed by atoms with Gasteiger partial charge >= 0.3 is 0 Å². The predicted molar refractivity (Wildman–Crippen MR) is 95.1 cm³/mol. The Bertz CT molecular complexity index is 470. The summed E-state index contributed by atoms with van der Waals surface area (Å²) in [6.07, 6.45) is 3.78. The minimum absolute atomic E-state index is 0.243. The van der Waals surface area contributed by atoms with Crippen molar-refractivity contribution in [3.63, 3.8) is 0 Å². The molecule has 0 amide bonds. The van der Waals surface area contributed by atoms with Gasteiger partial charge in [0.05, 0.1) is 0 Å². The van der Waals surface area contributed by atoms with Gasteiger partial charge < -0.3 is 0 Å². The van der Waals surface area contributed by atoms with Crippen LogP contribution in [0.3, 0.4) is 0 Å². The second kappa shape index (κ2) is 9.86. The summed E-state index contributed by atoms with van der Waals surface area (Å²) in [6.45, 7) is 0. The van der Waals surface area contributed by atoms with Crippen molar-refractivity contribution >= 4 is 23.6 Å². The van der Waals surface area contributed by atoms with Gasteiger partial charge in [-0.2, -0.15) is 0 Å². The van der Waals surface area contributed by atoms with Crippen LogP contribution in [0.5, 0.6) is 0 Å². The fraction of sp³-hybridized carbons (Fsp3) is 0.333. The number of nitrogens with one attached hydrogen (secondary N) is 2. The van der Waals surface area contributed by atoms with E-state index >= 15 is 0 Å². The lowest BCUT2D eigenvalue weighted by Crippen LogP contribution is -2.29. The first-order chi connectivity index (χ1) is 10.8. The van der Waals surface area contributed by atoms with Crippen LogP contribution in [0.4, 0.5) is 0 Å². The van der Waals surface area contributed by atoms with Gasteiger partial charge in [0.25, 0.3) is 0 Å². The standard InChI is InChI=1S/C18H22Cl2N2/c19-21-17(13-15-7-3-1-4-8-15)11-12-18(22-20)14-16-9-5-2-6-10-16/h1-10,17-18,21-22H,11-14H2/t17-,18-/m1/s1. The molecule has 2 N–H and O–H groups in total. The Hall–Kier alpha value is -1.06. The fourth-order valence-corrected chi connectivity index (χ4v) is 2.96. The third-order valence-electron chi connectivity index (χ3n) is 3.82. The van der Waals surface area contributed by atoms with E-state index in [1.165, 1.54) is 11.1 Å². The molecule has 2 nitrogen and oxygen atoms in total. The quantitative estimate of drug-likeness (QED) is 0.660. The summed E-state index contributed by atoms with van der Waals surface area (Å²) in [4.78, 5) is 5.79. The Morgan fingerprint density at radius 2 is 1.00 bits per heavy atom. The lowest BCUT2D eigenvalue weighted by atomic mass is 9.97. The topological polar surface area (TPSA) is 24.1 Å². The van der Waals surface area contributed by atoms with Crippen molar-refractivity contribution in [1.82, 2.24) is 9.67 Å². The van der Waals surface area contributed by atoms with Crippen molar-refractivity contribution < 1.29 is 0 Å². The third kappa shape index (κ3) is 5.98. The SMILES string of the molecule is ClN[C@H](CC[C@H](Cc1ccccc1)NCl)Cc1ccccc1. The molecule has 2 aromatic carbocycles. The molecule has 0 heterocycles. The molecule has 2 atom stereocenters. The second-order valence-electron chi connectivity index (χ2n) is 5.57. The number of halogens is 2. The molecule has 4 heteroatoms. The molecular weight excluding hydrogens is 315 g/mol. The summed E-state index contributed by atoms with van der Waals surface area (Å²) in [6, 6.07) is 21.3. The Balaban J connectivity index is 1.83. The first kappa shape index (κ1) is 17.3. The summed E-state index contributed by atoms with van der Waals surface area (Å²) >= 11 is 11.8. The lowest BCUT2D eigenvalue weighted by molar-refractivity contribution is 0.477. The van der Waals surface area contributed by atoms with Gasteiger partial charge in [-0.15, -0.1) is 0 Å². The molecule has 0 unspecified atom stereocenters. The van der Waals surface area contributed by atoms with Gasteiger partial charge in [0.1, 0.15) is 0 Å². The molecular formula is C18H22Cl2N2. The second-order valence-corrected chi connectivity index (χ2v) is 6.01. The molecule has 0 spiro atoms. The highest BCUT2D eigenvalue weighted by atomic mass is 35.5. The summed E-state index contributed by atoms with van der Waals surface area (Å²) in [5.41, 5.74) is 2.58. The molecule has 0 aliphatic heterocycles. The highest BCUT2D eigenvalue weighted by Crippen LogP contribution is 2.13. The van der Waals surface area contributed by atoms with E-state index in [0.29, 0.717) is 0 Å². The fourth-order valence-electron chi connectivity index (χ4n) is 2.59. The largest absolute Gasteiger partial charge is 0.230 e. The van der Waals surface area contributed by atoms with Crippen LogP contribution in [-0.2, 0) is 12.8 Å². The van der Waals surface area contributed by atoms with Crippen molar-refractivity contribution in [3.05, 3.63) is 71.8 Å². The predicted octanol–water partition coefficient (Wildman–Crippen LogP) is 4.48. The molecule has 22 heavy (non-hydrogen) atoms. The number of rotatable bonds is 9. The van der Waals surface area contributed by atoms with Crippen LogP contribution < -0.4 is 9.67 Å². The van der Waals surface area contributed by atoms with E-state index in [1.807, 2.05) is 12.1 Å². The van der Waals surface area contributed by atoms with Crippen LogP contribution in [0.1, 0.15) is 24.0 Å². The summed E-state index contributed by atoms with van der Waals surface area (Å²) in [5.74, 6) is 0. The van der Waals surface area contributed by atoms with Gasteiger partial charge in [0.15, 0.2) is 0 Å². The van der Waals surface area contributed by atoms with E-state index in [1.54, 1.807) is 0 Å². The van der Waals surface area contributed by atoms with Gasteiger partial charge in [0, 0.05) is 12.1 Å². The van der Waals surface area contributed by atoms with E-state index < -0.39 is 0 Å². The molecule has 0 fully saturated rings. The minimum atomic E-state index is 0.243. The number of hydrogen-bond acceptors (Lipinski definition) is 2. The molecule has 0 bridgehead atoms. The minimum Gasteiger partial charge on any atom is -0.230 e. The van der Waals surface area contributed by atoms with Crippen LogP contribution >= 0.6 is 23.6 Å². The zero-order valence-corrected chi connectivity index (χ0v) is 14.0. The highest BCUT2D eigenvalue weighted by Gasteiger charge is 2.13. The van der Waals surface area contributed by atoms with Crippen LogP contribution in [0.15, 0.2) is 60.7 Å². The summed E-state index contributed by atoms with van der Waals surface area (Å²) in [5, 5.41) is 0. The smallest absolute Gasteiger partial charge is 0.0261 e. The van der Waals surface area contributed by atoms with Crippen LogP contribution in [0.2, 0.25) is 0 Å². The Morgan fingerprint density at radius 3 is 1.32 bits per heavy atom. The maximum absolute atomic E-state index is 5.90. The van der Waals surface area contributed by atoms with Crippen LogP contribution in [0.25, 0.3) is 0 Å². The van der Waals surface area contributed by atoms with Crippen molar-refractivity contribution in [2.45, 2.75) is 37.8 Å². The van der Waals surface area contributed by atoms with E-state index in [4.69, 9.17) is 23.6 Å². The van der Waals surface area contributed by atoms with E-state index in [2.05, 4.69) is 58.2 Å². The Kier molecular flexibility index (Phi) is 7.75. The highest BCUT2D eigenvalue weighted by molar-refractivity contribution is 6.13. The van der Waals surface area contributed by atoms with Crippen molar-refractivity contribution in [2.24, 2.45) is 0 Å². The number of benzene rings is 2. The molecule has 0 aromatic heterocycles. The molecule has 0 radical (unpaired) electrons. The molecule has 0 saturated heterocycles. The molecule has 2 rings (SSSR count). The molecule has 0 saturated carbocycles. The van der Waals surface area contributed by atoms with Crippen molar-refractivity contribution in [1.29, 1.82) is 0 Å². The molecule has 2 aromatic rings. The monoisotopic (exact) mass is 336 g/mol. The maximum atomic E-state index is 5.90. The first-order valence-corrected chi connectivity index (χ1v) is 8.37. The zero-order chi connectivity index (χ0) is 15.6. The van der Waals surface area contributed by atoms with E-state index in [0.717, 1.165) is 25.7 Å². The van der Waals surface area contributed by atoms with Gasteiger partial charge in [-0.25, -0.2) is 9.67 Å². The normalized spacial score (nSPS) is 13.7. The Labute approximate surface area is 143 Å². The van der Waals surface area contributed by atoms with Gasteiger partial charge in [-0.1, -0.05) is 60.7 Å². The third-order valence-corrected chi connectivity index (χ3v) is 4.44. The van der Waals surface area contributed by atoms with Gasteiger partial charge in [-0.05, 0) is 60.4 Å².